The maximum absolute atomic E-state index is 12.7. The predicted octanol–water partition coefficient (Wildman–Crippen LogP) is 3.30. The first-order valence-electron chi connectivity index (χ1n) is 9.57. The van der Waals surface area contributed by atoms with Gasteiger partial charge in [0, 0.05) is 13.1 Å². The van der Waals surface area contributed by atoms with Gasteiger partial charge in [0.1, 0.15) is 11.3 Å². The van der Waals surface area contributed by atoms with E-state index in [0.29, 0.717) is 36.0 Å². The summed E-state index contributed by atoms with van der Waals surface area (Å²) in [6, 6.07) is 0. The number of hydrogen-bond acceptors (Lipinski definition) is 3. The number of fused-ring (bicyclic) bond motifs is 1. The highest BCUT2D eigenvalue weighted by Gasteiger charge is 2.16. The van der Waals surface area contributed by atoms with E-state index in [1.54, 1.807) is 4.57 Å². The Hall–Kier alpha value is -2.11. The van der Waals surface area contributed by atoms with Crippen molar-refractivity contribution in [3.63, 3.8) is 0 Å². The molecule has 0 radical (unpaired) electrons. The zero-order valence-corrected chi connectivity index (χ0v) is 15.3. The number of imidazole rings is 1. The van der Waals surface area contributed by atoms with Crippen molar-refractivity contribution in [3.8, 4) is 0 Å². The third kappa shape index (κ3) is 3.62. The van der Waals surface area contributed by atoms with E-state index in [1.165, 1.54) is 36.7 Å². The second kappa shape index (κ2) is 7.85. The molecule has 0 saturated heterocycles. The Balaban J connectivity index is 2.04. The van der Waals surface area contributed by atoms with Gasteiger partial charge in [-0.3, -0.25) is 13.9 Å². The average molecular weight is 344 g/mol. The van der Waals surface area contributed by atoms with Crippen molar-refractivity contribution in [3.05, 3.63) is 32.7 Å². The number of H-pyrrole nitrogens is 1. The van der Waals surface area contributed by atoms with E-state index in [9.17, 15) is 9.59 Å². The average Bonchev–Trinajstić information content (AvgIpc) is 3.06. The lowest BCUT2D eigenvalue weighted by Gasteiger charge is -2.17. The Kier molecular flexibility index (Phi) is 5.56. The molecule has 2 aromatic heterocycles. The maximum atomic E-state index is 12.7. The summed E-state index contributed by atoms with van der Waals surface area (Å²) in [5, 5.41) is 0. The topological polar surface area (TPSA) is 72.7 Å². The fraction of sp³-hybridized carbons (Fsp3) is 0.632. The first-order valence-corrected chi connectivity index (χ1v) is 9.57. The van der Waals surface area contributed by atoms with Crippen molar-refractivity contribution < 1.29 is 0 Å². The van der Waals surface area contributed by atoms with E-state index < -0.39 is 0 Å². The summed E-state index contributed by atoms with van der Waals surface area (Å²) in [5.41, 5.74) is 0.395. The molecule has 0 amide bonds. The zero-order chi connectivity index (χ0) is 17.8. The minimum atomic E-state index is -0.265. The summed E-state index contributed by atoms with van der Waals surface area (Å²) in [4.78, 5) is 33.0. The number of hydrogen-bond donors (Lipinski definition) is 1. The lowest BCUT2D eigenvalue weighted by atomic mass is 9.89. The summed E-state index contributed by atoms with van der Waals surface area (Å²) in [7, 11) is 0. The van der Waals surface area contributed by atoms with E-state index in [2.05, 4.69) is 16.0 Å². The van der Waals surface area contributed by atoms with Crippen LogP contribution in [0.25, 0.3) is 17.2 Å². The molecule has 25 heavy (non-hydrogen) atoms. The van der Waals surface area contributed by atoms with Crippen LogP contribution in [0.15, 0.2) is 15.7 Å². The summed E-state index contributed by atoms with van der Waals surface area (Å²) < 4.78 is 2.95. The van der Waals surface area contributed by atoms with Gasteiger partial charge in [0.15, 0.2) is 5.65 Å². The summed E-state index contributed by atoms with van der Waals surface area (Å²) >= 11 is 0. The van der Waals surface area contributed by atoms with Gasteiger partial charge in [-0.05, 0) is 37.7 Å². The Bertz CT molecular complexity index is 866. The monoisotopic (exact) mass is 344 g/mol. The third-order valence-corrected chi connectivity index (χ3v) is 4.95. The molecule has 0 unspecified atom stereocenters. The standard InChI is InChI=1S/C19H28N4O2/c1-3-12-22-17-16(18(24)23(13-4-2)19(22)25)20-15(21-17)11-10-14-8-6-5-7-9-14/h10-11,14H,3-9,12-13H2,1-2H3,(H,20,21)/b11-10+. The van der Waals surface area contributed by atoms with E-state index in [-0.39, 0.29) is 11.2 Å². The molecular weight excluding hydrogens is 316 g/mol. The van der Waals surface area contributed by atoms with Crippen molar-refractivity contribution in [1.29, 1.82) is 0 Å². The number of nitrogens with zero attached hydrogens (tertiary/aromatic N) is 3. The van der Waals surface area contributed by atoms with Gasteiger partial charge in [0.2, 0.25) is 0 Å². The molecule has 0 aliphatic heterocycles. The lowest BCUT2D eigenvalue weighted by molar-refractivity contribution is 0.420. The molecule has 0 aromatic carbocycles. The summed E-state index contributed by atoms with van der Waals surface area (Å²) in [5.74, 6) is 1.26. The van der Waals surface area contributed by atoms with Crippen LogP contribution in [0, 0.1) is 5.92 Å². The Morgan fingerprint density at radius 1 is 1.08 bits per heavy atom. The van der Waals surface area contributed by atoms with Crippen molar-refractivity contribution in [1.82, 2.24) is 19.1 Å². The minimum Gasteiger partial charge on any atom is -0.333 e. The number of nitrogens with one attached hydrogen (secondary N) is 1. The summed E-state index contributed by atoms with van der Waals surface area (Å²) in [6.45, 7) is 4.98. The van der Waals surface area contributed by atoms with Crippen LogP contribution >= 0.6 is 0 Å². The minimum absolute atomic E-state index is 0.254. The molecule has 3 rings (SSSR count). The molecule has 0 atom stereocenters. The van der Waals surface area contributed by atoms with Crippen LogP contribution in [0.3, 0.4) is 0 Å². The largest absolute Gasteiger partial charge is 0.333 e. The van der Waals surface area contributed by atoms with Gasteiger partial charge in [0.25, 0.3) is 5.56 Å². The smallest absolute Gasteiger partial charge is 0.332 e. The predicted molar refractivity (Wildman–Crippen MR) is 101 cm³/mol. The number of aromatic amines is 1. The van der Waals surface area contributed by atoms with Crippen LogP contribution in [0.1, 0.15) is 64.6 Å². The van der Waals surface area contributed by atoms with Crippen molar-refractivity contribution in [2.75, 3.05) is 0 Å². The zero-order valence-electron chi connectivity index (χ0n) is 15.3. The van der Waals surface area contributed by atoms with Gasteiger partial charge < -0.3 is 4.98 Å². The SMILES string of the molecule is CCCn1c(=O)c2[nH]c(/C=C/C3CCCCC3)nc2n(CCC)c1=O. The van der Waals surface area contributed by atoms with Crippen molar-refractivity contribution in [2.24, 2.45) is 5.92 Å². The van der Waals surface area contributed by atoms with Crippen molar-refractivity contribution >= 4 is 17.2 Å². The van der Waals surface area contributed by atoms with Gasteiger partial charge in [-0.25, -0.2) is 9.78 Å². The molecule has 0 bridgehead atoms. The lowest BCUT2D eigenvalue weighted by Crippen LogP contribution is -2.40. The quantitative estimate of drug-likeness (QED) is 0.874. The maximum Gasteiger partial charge on any atom is 0.332 e. The molecule has 0 spiro atoms. The van der Waals surface area contributed by atoms with Crippen molar-refractivity contribution in [2.45, 2.75) is 71.9 Å². The molecule has 6 heteroatoms. The first-order chi connectivity index (χ1) is 12.2. The first kappa shape index (κ1) is 17.7. The number of allylic oxidation sites excluding steroid dienone is 1. The molecule has 1 N–H and O–H groups in total. The number of rotatable bonds is 6. The number of aromatic nitrogens is 4. The molecule has 136 valence electrons. The molecule has 1 fully saturated rings. The van der Waals surface area contributed by atoms with Crippen LogP contribution in [-0.2, 0) is 13.1 Å². The van der Waals surface area contributed by atoms with Gasteiger partial charge in [-0.15, -0.1) is 0 Å². The second-order valence-corrected chi connectivity index (χ2v) is 6.97. The fourth-order valence-electron chi connectivity index (χ4n) is 3.66. The fourth-order valence-corrected chi connectivity index (χ4v) is 3.66. The molecule has 1 saturated carbocycles. The third-order valence-electron chi connectivity index (χ3n) is 4.95. The Morgan fingerprint density at radius 2 is 1.76 bits per heavy atom. The highest BCUT2D eigenvalue weighted by molar-refractivity contribution is 5.72. The van der Waals surface area contributed by atoms with Crippen LogP contribution in [0.4, 0.5) is 0 Å². The van der Waals surface area contributed by atoms with Crippen LogP contribution in [0.2, 0.25) is 0 Å². The number of aryl methyl sites for hydroxylation is 1. The summed E-state index contributed by atoms with van der Waals surface area (Å²) in [6.07, 6.45) is 12.1. The van der Waals surface area contributed by atoms with Gasteiger partial charge in [0.05, 0.1) is 0 Å². The molecule has 1 aliphatic rings. The normalized spacial score (nSPS) is 16.2. The van der Waals surface area contributed by atoms with Crippen LogP contribution in [0.5, 0.6) is 0 Å². The highest BCUT2D eigenvalue weighted by Crippen LogP contribution is 2.25. The van der Waals surface area contributed by atoms with E-state index in [0.717, 1.165) is 12.8 Å². The van der Waals surface area contributed by atoms with Gasteiger partial charge in [-0.2, -0.15) is 0 Å². The molecular formula is C19H28N4O2. The highest BCUT2D eigenvalue weighted by atomic mass is 16.2. The molecule has 2 heterocycles. The molecule has 6 nitrogen and oxygen atoms in total. The van der Waals surface area contributed by atoms with Gasteiger partial charge in [-0.1, -0.05) is 39.2 Å². The van der Waals surface area contributed by atoms with E-state index >= 15 is 0 Å². The molecule has 1 aliphatic carbocycles. The van der Waals surface area contributed by atoms with E-state index in [4.69, 9.17) is 0 Å². The van der Waals surface area contributed by atoms with E-state index in [1.807, 2.05) is 19.9 Å². The second-order valence-electron chi connectivity index (χ2n) is 6.97. The van der Waals surface area contributed by atoms with Crippen LogP contribution in [-0.4, -0.2) is 19.1 Å². The van der Waals surface area contributed by atoms with Gasteiger partial charge >= 0.3 is 5.69 Å². The van der Waals surface area contributed by atoms with Crippen LogP contribution < -0.4 is 11.2 Å². The Morgan fingerprint density at radius 3 is 2.44 bits per heavy atom. The Labute approximate surface area is 147 Å². The molecule has 2 aromatic rings.